The molecule has 96 valence electrons. The van der Waals surface area contributed by atoms with Crippen LogP contribution in [0.5, 0.6) is 0 Å². The number of halogens is 2. The minimum Gasteiger partial charge on any atom is -0.345 e. The predicted octanol–water partition coefficient (Wildman–Crippen LogP) is 3.36. The van der Waals surface area contributed by atoms with Crippen molar-refractivity contribution < 1.29 is 4.79 Å². The van der Waals surface area contributed by atoms with Crippen LogP contribution in [0.1, 0.15) is 20.8 Å². The fourth-order valence-electron chi connectivity index (χ4n) is 1.30. The van der Waals surface area contributed by atoms with Gasteiger partial charge in [-0.05, 0) is 15.9 Å². The molecule has 0 aromatic carbocycles. The maximum absolute atomic E-state index is 11.8. The first-order chi connectivity index (χ1) is 8.29. The van der Waals surface area contributed by atoms with Crippen molar-refractivity contribution in [3.8, 4) is 0 Å². The molecule has 5 nitrogen and oxygen atoms in total. The molecule has 0 fully saturated rings. The van der Waals surface area contributed by atoms with Gasteiger partial charge in [0.2, 0.25) is 11.9 Å². The summed E-state index contributed by atoms with van der Waals surface area (Å²) < 4.78 is 0.788. The van der Waals surface area contributed by atoms with Gasteiger partial charge in [-0.15, -0.1) is 0 Å². The molecule has 0 atom stereocenters. The average Bonchev–Trinajstić information content (AvgIpc) is 2.59. The number of hydrogen-bond acceptors (Lipinski definition) is 3. The summed E-state index contributed by atoms with van der Waals surface area (Å²) in [7, 11) is 0. The van der Waals surface area contributed by atoms with Gasteiger partial charge < -0.3 is 4.98 Å². The van der Waals surface area contributed by atoms with Crippen LogP contribution in [0.2, 0.25) is 5.15 Å². The van der Waals surface area contributed by atoms with E-state index >= 15 is 0 Å². The summed E-state index contributed by atoms with van der Waals surface area (Å²) in [5, 5.41) is 3.63. The third kappa shape index (κ3) is 2.49. The summed E-state index contributed by atoms with van der Waals surface area (Å²) in [6.45, 7) is 5.44. The molecule has 0 aliphatic carbocycles. The molecule has 18 heavy (non-hydrogen) atoms. The zero-order valence-electron chi connectivity index (χ0n) is 10.1. The number of rotatable bonds is 1. The number of aromatic amines is 1. The number of amides is 1. The Labute approximate surface area is 117 Å². The number of hydrogen-bond donors (Lipinski definition) is 2. The second-order valence-electron chi connectivity index (χ2n) is 4.90. The minimum absolute atomic E-state index is 0.163. The summed E-state index contributed by atoms with van der Waals surface area (Å²) in [5.41, 5.74) is 0.0623. The predicted molar refractivity (Wildman–Crippen MR) is 74.7 cm³/mol. The number of carbonyl (C=O) groups excluding carboxylic acids is 1. The van der Waals surface area contributed by atoms with Crippen molar-refractivity contribution >= 4 is 50.4 Å². The first kappa shape index (κ1) is 13.3. The number of aromatic nitrogens is 3. The molecule has 7 heteroatoms. The van der Waals surface area contributed by atoms with Gasteiger partial charge in [-0.2, -0.15) is 9.97 Å². The van der Waals surface area contributed by atoms with Gasteiger partial charge in [-0.1, -0.05) is 32.4 Å². The van der Waals surface area contributed by atoms with E-state index in [0.29, 0.717) is 11.0 Å². The molecule has 0 spiro atoms. The molecule has 2 heterocycles. The standard InChI is InChI=1S/C11H12BrClN4O/c1-11(2,3)9(18)17-10-15-7(13)6-5(12)4-14-8(6)16-10/h4H,1-3H3,(H2,14,15,16,17,18). The third-order valence-corrected chi connectivity index (χ3v) is 3.24. The molecule has 2 aromatic heterocycles. The second kappa shape index (κ2) is 4.51. The lowest BCUT2D eigenvalue weighted by atomic mass is 9.96. The van der Waals surface area contributed by atoms with Gasteiger partial charge in [0.15, 0.2) is 0 Å². The van der Waals surface area contributed by atoms with Crippen LogP contribution in [-0.2, 0) is 4.79 Å². The Balaban J connectivity index is 2.39. The van der Waals surface area contributed by atoms with E-state index in [1.165, 1.54) is 0 Å². The average molecular weight is 332 g/mol. The van der Waals surface area contributed by atoms with Gasteiger partial charge in [0, 0.05) is 16.1 Å². The van der Waals surface area contributed by atoms with E-state index in [1.54, 1.807) is 6.20 Å². The number of nitrogens with zero attached hydrogens (tertiary/aromatic N) is 2. The fraction of sp³-hybridized carbons (Fsp3) is 0.364. The molecule has 0 radical (unpaired) electrons. The van der Waals surface area contributed by atoms with Crippen LogP contribution in [-0.4, -0.2) is 20.9 Å². The van der Waals surface area contributed by atoms with Crippen LogP contribution in [0.15, 0.2) is 10.7 Å². The summed E-state index contributed by atoms with van der Waals surface area (Å²) in [4.78, 5) is 23.0. The lowest BCUT2D eigenvalue weighted by molar-refractivity contribution is -0.123. The molecule has 2 aromatic rings. The summed E-state index contributed by atoms with van der Waals surface area (Å²) >= 11 is 9.40. The van der Waals surface area contributed by atoms with Crippen LogP contribution in [0.4, 0.5) is 5.95 Å². The second-order valence-corrected chi connectivity index (χ2v) is 6.11. The molecule has 0 unspecified atom stereocenters. The number of nitrogens with one attached hydrogen (secondary N) is 2. The highest BCUT2D eigenvalue weighted by Gasteiger charge is 2.22. The van der Waals surface area contributed by atoms with Crippen LogP contribution >= 0.6 is 27.5 Å². The molecular weight excluding hydrogens is 320 g/mol. The Morgan fingerprint density at radius 3 is 2.72 bits per heavy atom. The van der Waals surface area contributed by atoms with Crippen molar-refractivity contribution in [2.24, 2.45) is 5.41 Å². The number of carbonyl (C=O) groups is 1. The van der Waals surface area contributed by atoms with E-state index < -0.39 is 5.41 Å². The molecule has 2 rings (SSSR count). The number of anilines is 1. The van der Waals surface area contributed by atoms with E-state index in [1.807, 2.05) is 20.8 Å². The van der Waals surface area contributed by atoms with Crippen molar-refractivity contribution in [2.75, 3.05) is 5.32 Å². The van der Waals surface area contributed by atoms with E-state index in [4.69, 9.17) is 11.6 Å². The summed E-state index contributed by atoms with van der Waals surface area (Å²) in [6.07, 6.45) is 1.72. The molecule has 0 bridgehead atoms. The van der Waals surface area contributed by atoms with Crippen molar-refractivity contribution in [1.29, 1.82) is 0 Å². The van der Waals surface area contributed by atoms with E-state index in [-0.39, 0.29) is 17.0 Å². The molecule has 0 aliphatic rings. The maximum atomic E-state index is 11.8. The Morgan fingerprint density at radius 1 is 1.44 bits per heavy atom. The third-order valence-electron chi connectivity index (χ3n) is 2.35. The molecule has 0 saturated heterocycles. The summed E-state index contributed by atoms with van der Waals surface area (Å²) in [6, 6.07) is 0. The monoisotopic (exact) mass is 330 g/mol. The first-order valence-corrected chi connectivity index (χ1v) is 6.47. The Hall–Kier alpha value is -1.14. The Morgan fingerprint density at radius 2 is 2.11 bits per heavy atom. The lowest BCUT2D eigenvalue weighted by Gasteiger charge is -2.16. The van der Waals surface area contributed by atoms with Crippen molar-refractivity contribution in [3.05, 3.63) is 15.8 Å². The van der Waals surface area contributed by atoms with Gasteiger partial charge in [0.1, 0.15) is 10.8 Å². The van der Waals surface area contributed by atoms with Crippen LogP contribution < -0.4 is 5.32 Å². The highest BCUT2D eigenvalue weighted by Crippen LogP contribution is 2.29. The Kier molecular flexibility index (Phi) is 3.33. The largest absolute Gasteiger partial charge is 0.345 e. The first-order valence-electron chi connectivity index (χ1n) is 5.30. The SMILES string of the molecule is CC(C)(C)C(=O)Nc1nc(Cl)c2c(Br)c[nH]c2n1. The van der Waals surface area contributed by atoms with Gasteiger partial charge in [0.05, 0.1) is 5.39 Å². The van der Waals surface area contributed by atoms with Crippen molar-refractivity contribution in [1.82, 2.24) is 15.0 Å². The van der Waals surface area contributed by atoms with Crippen molar-refractivity contribution in [3.63, 3.8) is 0 Å². The quantitative estimate of drug-likeness (QED) is 0.787. The lowest BCUT2D eigenvalue weighted by Crippen LogP contribution is -2.28. The van der Waals surface area contributed by atoms with Crippen LogP contribution in [0.25, 0.3) is 11.0 Å². The topological polar surface area (TPSA) is 70.7 Å². The molecule has 0 aliphatic heterocycles. The minimum atomic E-state index is -0.513. The summed E-state index contributed by atoms with van der Waals surface area (Å²) in [5.74, 6) is 0.0327. The molecule has 1 amide bonds. The van der Waals surface area contributed by atoms with E-state index in [0.717, 1.165) is 4.47 Å². The Bertz CT molecular complexity index is 617. The van der Waals surface area contributed by atoms with Crippen LogP contribution in [0.3, 0.4) is 0 Å². The zero-order chi connectivity index (χ0) is 13.5. The fourth-order valence-corrected chi connectivity index (χ4v) is 2.17. The maximum Gasteiger partial charge on any atom is 0.232 e. The van der Waals surface area contributed by atoms with Crippen molar-refractivity contribution in [2.45, 2.75) is 20.8 Å². The molecule has 2 N–H and O–H groups in total. The number of fused-ring (bicyclic) bond motifs is 1. The van der Waals surface area contributed by atoms with Gasteiger partial charge in [-0.3, -0.25) is 10.1 Å². The van der Waals surface area contributed by atoms with E-state index in [2.05, 4.69) is 36.2 Å². The normalized spacial score (nSPS) is 11.8. The number of H-pyrrole nitrogens is 1. The van der Waals surface area contributed by atoms with Gasteiger partial charge in [0.25, 0.3) is 0 Å². The zero-order valence-corrected chi connectivity index (χ0v) is 12.5. The molecular formula is C11H12BrClN4O. The highest BCUT2D eigenvalue weighted by atomic mass is 79.9. The van der Waals surface area contributed by atoms with E-state index in [9.17, 15) is 4.79 Å². The smallest absolute Gasteiger partial charge is 0.232 e. The van der Waals surface area contributed by atoms with Gasteiger partial charge >= 0.3 is 0 Å². The van der Waals surface area contributed by atoms with Gasteiger partial charge in [-0.25, -0.2) is 0 Å². The highest BCUT2D eigenvalue weighted by molar-refractivity contribution is 9.10. The van der Waals surface area contributed by atoms with Crippen LogP contribution in [0, 0.1) is 5.41 Å². The molecule has 0 saturated carbocycles.